The van der Waals surface area contributed by atoms with Crippen molar-refractivity contribution in [3.05, 3.63) is 53.1 Å². The van der Waals surface area contributed by atoms with Crippen molar-refractivity contribution in [3.63, 3.8) is 0 Å². The molecule has 0 radical (unpaired) electrons. The molecule has 0 saturated carbocycles. The van der Waals surface area contributed by atoms with Crippen molar-refractivity contribution in [2.75, 3.05) is 13.1 Å². The summed E-state index contributed by atoms with van der Waals surface area (Å²) in [5.74, 6) is 0.482. The largest absolute Gasteiger partial charge is 0.334 e. The monoisotopic (exact) mass is 475 g/mol. The lowest BCUT2D eigenvalue weighted by atomic mass is 9.90. The average molecular weight is 476 g/mol. The predicted molar refractivity (Wildman–Crippen MR) is 127 cm³/mol. The number of hydrogen-bond acceptors (Lipinski definition) is 4. The van der Waals surface area contributed by atoms with Crippen LogP contribution in [0, 0.1) is 18.7 Å². The van der Waals surface area contributed by atoms with Crippen LogP contribution in [-0.2, 0) is 0 Å². The van der Waals surface area contributed by atoms with E-state index in [4.69, 9.17) is 11.6 Å². The van der Waals surface area contributed by atoms with Crippen molar-refractivity contribution in [1.29, 1.82) is 0 Å². The van der Waals surface area contributed by atoms with Crippen LogP contribution in [-0.4, -0.2) is 45.9 Å². The third kappa shape index (κ3) is 4.96. The van der Waals surface area contributed by atoms with E-state index in [2.05, 4.69) is 27.5 Å². The van der Waals surface area contributed by atoms with E-state index in [1.165, 1.54) is 23.5 Å². The Kier molecular flexibility index (Phi) is 6.53. The summed E-state index contributed by atoms with van der Waals surface area (Å²) in [6.07, 6.45) is 5.55. The first kappa shape index (κ1) is 22.7. The van der Waals surface area contributed by atoms with Crippen molar-refractivity contribution < 1.29 is 9.18 Å². The second-order valence-corrected chi connectivity index (χ2v) is 10.5. The zero-order valence-corrected chi connectivity index (χ0v) is 19.9. The maximum absolute atomic E-state index is 13.7. The number of halogens is 2. The standard InChI is InChI=1S/C23H27ClFN5OS/c1-14-5-4-12-30(18(14)13-27-22-26-11-10-23(3,24)29-22)21(31)19-20(32-15(2)28-19)16-6-8-17(25)9-7-16/h6-11,14,18H,4-5,12-13H2,1-3H3,(H2,26,27,29)/t14-,18-,23?/m1/s1. The Morgan fingerprint density at radius 1 is 1.41 bits per heavy atom. The van der Waals surface area contributed by atoms with Crippen molar-refractivity contribution in [1.82, 2.24) is 20.5 Å². The van der Waals surface area contributed by atoms with Gasteiger partial charge in [0.15, 0.2) is 5.96 Å². The fraction of sp³-hybridized carbons (Fsp3) is 0.435. The quantitative estimate of drug-likeness (QED) is 0.504. The second kappa shape index (κ2) is 9.19. The molecule has 2 aromatic rings. The van der Waals surface area contributed by atoms with Crippen LogP contribution in [0.5, 0.6) is 0 Å². The summed E-state index contributed by atoms with van der Waals surface area (Å²) in [6, 6.07) is 6.15. The number of guanidine groups is 1. The fourth-order valence-corrected chi connectivity index (χ4v) is 5.21. The number of thiazole rings is 1. The predicted octanol–water partition coefficient (Wildman–Crippen LogP) is 4.52. The van der Waals surface area contributed by atoms with Gasteiger partial charge in [0, 0.05) is 12.7 Å². The van der Waals surface area contributed by atoms with Gasteiger partial charge in [-0.15, -0.1) is 11.3 Å². The molecule has 4 rings (SSSR count). The number of alkyl halides is 1. The lowest BCUT2D eigenvalue weighted by Gasteiger charge is -2.39. The van der Waals surface area contributed by atoms with E-state index in [1.54, 1.807) is 18.3 Å². The molecular weight excluding hydrogens is 449 g/mol. The third-order valence-corrected chi connectivity index (χ3v) is 7.08. The topological polar surface area (TPSA) is 69.6 Å². The molecule has 0 aliphatic carbocycles. The van der Waals surface area contributed by atoms with E-state index in [-0.39, 0.29) is 17.8 Å². The number of carbonyl (C=O) groups excluding carboxylic acids is 1. The van der Waals surface area contributed by atoms with Crippen molar-refractivity contribution in [2.24, 2.45) is 10.9 Å². The van der Waals surface area contributed by atoms with Gasteiger partial charge in [-0.1, -0.05) is 30.7 Å². The highest BCUT2D eigenvalue weighted by Gasteiger charge is 2.35. The minimum Gasteiger partial charge on any atom is -0.334 e. The molecular formula is C23H27ClFN5OS. The molecule has 32 heavy (non-hydrogen) atoms. The highest BCUT2D eigenvalue weighted by atomic mass is 35.5. The van der Waals surface area contributed by atoms with Gasteiger partial charge in [0.2, 0.25) is 0 Å². The van der Waals surface area contributed by atoms with E-state index in [0.29, 0.717) is 30.7 Å². The summed E-state index contributed by atoms with van der Waals surface area (Å²) in [4.78, 5) is 24.9. The Balaban J connectivity index is 1.59. The zero-order chi connectivity index (χ0) is 22.9. The van der Waals surface area contributed by atoms with Crippen LogP contribution < -0.4 is 10.6 Å². The van der Waals surface area contributed by atoms with Gasteiger partial charge in [-0.2, -0.15) is 0 Å². The lowest BCUT2D eigenvalue weighted by Crippen LogP contribution is -2.52. The van der Waals surface area contributed by atoms with Gasteiger partial charge in [0.1, 0.15) is 16.5 Å². The molecule has 1 aromatic heterocycles. The maximum Gasteiger partial charge on any atom is 0.274 e. The van der Waals surface area contributed by atoms with Gasteiger partial charge in [-0.25, -0.2) is 9.37 Å². The molecule has 1 amide bonds. The smallest absolute Gasteiger partial charge is 0.274 e. The molecule has 1 saturated heterocycles. The number of rotatable bonds is 4. The Hall–Kier alpha value is -2.45. The van der Waals surface area contributed by atoms with Crippen LogP contribution in [0.25, 0.3) is 10.4 Å². The van der Waals surface area contributed by atoms with Crippen LogP contribution >= 0.6 is 22.9 Å². The lowest BCUT2D eigenvalue weighted by molar-refractivity contribution is 0.0528. The van der Waals surface area contributed by atoms with E-state index in [9.17, 15) is 9.18 Å². The summed E-state index contributed by atoms with van der Waals surface area (Å²) in [7, 11) is 0. The summed E-state index contributed by atoms with van der Waals surface area (Å²) in [6.45, 7) is 7.00. The maximum atomic E-state index is 13.7. The van der Waals surface area contributed by atoms with Crippen LogP contribution in [0.3, 0.4) is 0 Å². The first-order valence-electron chi connectivity index (χ1n) is 10.7. The van der Waals surface area contributed by atoms with Gasteiger partial charge < -0.3 is 15.5 Å². The van der Waals surface area contributed by atoms with Gasteiger partial charge in [-0.3, -0.25) is 9.79 Å². The van der Waals surface area contributed by atoms with E-state index >= 15 is 0 Å². The first-order chi connectivity index (χ1) is 15.2. The Morgan fingerprint density at radius 3 is 2.88 bits per heavy atom. The Morgan fingerprint density at radius 2 is 2.16 bits per heavy atom. The number of likely N-dealkylation sites (tertiary alicyclic amines) is 1. The first-order valence-corrected chi connectivity index (χ1v) is 11.9. The van der Waals surface area contributed by atoms with E-state index in [0.717, 1.165) is 28.3 Å². The van der Waals surface area contributed by atoms with Crippen molar-refractivity contribution >= 4 is 34.8 Å². The number of nitrogens with zero attached hydrogens (tertiary/aromatic N) is 3. The van der Waals surface area contributed by atoms with Gasteiger partial charge in [0.05, 0.1) is 22.5 Å². The van der Waals surface area contributed by atoms with Crippen molar-refractivity contribution in [3.8, 4) is 10.4 Å². The number of carbonyl (C=O) groups is 1. The van der Waals surface area contributed by atoms with Gasteiger partial charge in [0.25, 0.3) is 5.91 Å². The number of nitrogens with one attached hydrogen (secondary N) is 2. The molecule has 2 N–H and O–H groups in total. The fourth-order valence-electron chi connectivity index (χ4n) is 4.14. The van der Waals surface area contributed by atoms with Gasteiger partial charge in [-0.05, 0) is 56.4 Å². The molecule has 0 bridgehead atoms. The molecule has 3 atom stereocenters. The van der Waals surface area contributed by atoms with E-state index < -0.39 is 5.00 Å². The average Bonchev–Trinajstić information content (AvgIpc) is 3.13. The Labute approximate surface area is 196 Å². The number of amides is 1. The molecule has 0 spiro atoms. The minimum atomic E-state index is -0.694. The molecule has 9 heteroatoms. The molecule has 170 valence electrons. The zero-order valence-electron chi connectivity index (χ0n) is 18.4. The van der Waals surface area contributed by atoms with Crippen LogP contribution in [0.2, 0.25) is 0 Å². The number of aryl methyl sites for hydroxylation is 1. The molecule has 1 aromatic carbocycles. The number of piperidine rings is 1. The minimum absolute atomic E-state index is 0.0529. The highest BCUT2D eigenvalue weighted by molar-refractivity contribution is 7.15. The molecule has 1 fully saturated rings. The molecule has 3 heterocycles. The number of aliphatic imine (C=N–C) groups is 1. The molecule has 1 unspecified atom stereocenters. The molecule has 6 nitrogen and oxygen atoms in total. The Bertz CT molecular complexity index is 1050. The number of aromatic nitrogens is 1. The summed E-state index contributed by atoms with van der Waals surface area (Å²) < 4.78 is 13.4. The normalized spacial score (nSPS) is 26.7. The van der Waals surface area contributed by atoms with E-state index in [1.807, 2.05) is 24.8 Å². The summed E-state index contributed by atoms with van der Waals surface area (Å²) in [5.41, 5.74) is 1.22. The van der Waals surface area contributed by atoms with Crippen molar-refractivity contribution in [2.45, 2.75) is 44.7 Å². The van der Waals surface area contributed by atoms with Crippen LogP contribution in [0.15, 0.2) is 41.5 Å². The number of benzene rings is 1. The molecule has 2 aliphatic heterocycles. The number of hydrogen-bond donors (Lipinski definition) is 2. The highest BCUT2D eigenvalue weighted by Crippen LogP contribution is 2.33. The summed E-state index contributed by atoms with van der Waals surface area (Å²) in [5, 5.41) is 7.01. The van der Waals surface area contributed by atoms with Crippen LogP contribution in [0.1, 0.15) is 42.2 Å². The molecule has 2 aliphatic rings. The summed E-state index contributed by atoms with van der Waals surface area (Å²) >= 11 is 7.80. The third-order valence-electron chi connectivity index (χ3n) is 5.84. The van der Waals surface area contributed by atoms with Gasteiger partial charge >= 0.3 is 0 Å². The SMILES string of the molecule is Cc1nc(C(=O)N2CCC[C@@H](C)[C@H]2CN=C2NC=CC(C)(Cl)N2)c(-c2ccc(F)cc2)s1. The second-order valence-electron chi connectivity index (χ2n) is 8.47. The van der Waals surface area contributed by atoms with Crippen LogP contribution in [0.4, 0.5) is 4.39 Å².